The van der Waals surface area contributed by atoms with Gasteiger partial charge in [-0.15, -0.1) is 0 Å². The molecule has 26 heavy (non-hydrogen) atoms. The molecule has 0 unspecified atom stereocenters. The Labute approximate surface area is 160 Å². The largest absolute Gasteiger partial charge is 0.497 e. The second-order valence-corrected chi connectivity index (χ2v) is 6.53. The van der Waals surface area contributed by atoms with Crippen molar-refractivity contribution in [2.45, 2.75) is 6.92 Å². The summed E-state index contributed by atoms with van der Waals surface area (Å²) in [5.41, 5.74) is 2.54. The normalized spacial score (nSPS) is 11.1. The molecule has 4 rings (SSSR count). The van der Waals surface area contributed by atoms with E-state index in [1.807, 2.05) is 41.8 Å². The molecule has 0 aliphatic rings. The van der Waals surface area contributed by atoms with E-state index in [1.165, 1.54) is 0 Å². The van der Waals surface area contributed by atoms with Crippen molar-refractivity contribution in [1.82, 2.24) is 19.5 Å². The predicted molar refractivity (Wildman–Crippen MR) is 103 cm³/mol. The molecule has 0 aliphatic heterocycles. The number of rotatable bonds is 3. The zero-order chi connectivity index (χ0) is 18.3. The molecule has 0 saturated heterocycles. The second kappa shape index (κ2) is 6.59. The third-order valence-corrected chi connectivity index (χ3v) is 4.77. The van der Waals surface area contributed by atoms with E-state index in [1.54, 1.807) is 25.4 Å². The fourth-order valence-electron chi connectivity index (χ4n) is 2.82. The van der Waals surface area contributed by atoms with Crippen molar-refractivity contribution in [3.8, 4) is 23.0 Å². The van der Waals surface area contributed by atoms with Gasteiger partial charge in [-0.2, -0.15) is 0 Å². The maximum atomic E-state index is 6.22. The molecular formula is C19H14Cl2N4O. The fraction of sp³-hybridized carbons (Fsp3) is 0.105. The third kappa shape index (κ3) is 2.89. The molecule has 0 atom stereocenters. The van der Waals surface area contributed by atoms with E-state index < -0.39 is 0 Å². The summed E-state index contributed by atoms with van der Waals surface area (Å²) in [5, 5.41) is 0.969. The van der Waals surface area contributed by atoms with Gasteiger partial charge in [-0.25, -0.2) is 15.0 Å². The van der Waals surface area contributed by atoms with Crippen molar-refractivity contribution in [2.24, 2.45) is 0 Å². The van der Waals surface area contributed by atoms with Crippen molar-refractivity contribution >= 4 is 34.2 Å². The van der Waals surface area contributed by atoms with Crippen LogP contribution in [-0.2, 0) is 0 Å². The van der Waals surface area contributed by atoms with E-state index in [9.17, 15) is 0 Å². The quantitative estimate of drug-likeness (QED) is 0.492. The topological polar surface area (TPSA) is 52.8 Å². The molecular weight excluding hydrogens is 371 g/mol. The van der Waals surface area contributed by atoms with Crippen LogP contribution in [0, 0.1) is 6.92 Å². The molecule has 130 valence electrons. The summed E-state index contributed by atoms with van der Waals surface area (Å²) in [6.45, 7) is 1.85. The maximum absolute atomic E-state index is 6.22. The fourth-order valence-corrected chi connectivity index (χ4v) is 3.11. The Kier molecular flexibility index (Phi) is 4.26. The molecule has 2 aromatic carbocycles. The van der Waals surface area contributed by atoms with Crippen molar-refractivity contribution in [1.29, 1.82) is 0 Å². The van der Waals surface area contributed by atoms with Crippen molar-refractivity contribution in [3.05, 3.63) is 64.5 Å². The number of aromatic nitrogens is 4. The van der Waals surface area contributed by atoms with Crippen LogP contribution in [0.25, 0.3) is 28.2 Å². The van der Waals surface area contributed by atoms with Crippen LogP contribution >= 0.6 is 23.2 Å². The van der Waals surface area contributed by atoms with Gasteiger partial charge in [0, 0.05) is 17.8 Å². The first-order valence-corrected chi connectivity index (χ1v) is 8.64. The Morgan fingerprint density at radius 3 is 2.54 bits per heavy atom. The highest BCUT2D eigenvalue weighted by Gasteiger charge is 2.17. The molecule has 2 heterocycles. The van der Waals surface area contributed by atoms with Crippen molar-refractivity contribution in [2.75, 3.05) is 7.11 Å². The minimum atomic E-state index is 0.472. The average molecular weight is 385 g/mol. The lowest BCUT2D eigenvalue weighted by molar-refractivity contribution is 0.415. The molecule has 7 heteroatoms. The summed E-state index contributed by atoms with van der Waals surface area (Å²) in [5.74, 6) is 2.86. The van der Waals surface area contributed by atoms with Crippen molar-refractivity contribution < 1.29 is 4.74 Å². The van der Waals surface area contributed by atoms with Crippen LogP contribution in [0.5, 0.6) is 5.75 Å². The Morgan fingerprint density at radius 1 is 0.962 bits per heavy atom. The first-order chi connectivity index (χ1) is 12.6. The van der Waals surface area contributed by atoms with Crippen LogP contribution in [0.1, 0.15) is 5.82 Å². The molecule has 2 aromatic heterocycles. The van der Waals surface area contributed by atoms with E-state index >= 15 is 0 Å². The number of fused-ring (bicyclic) bond motifs is 1. The Morgan fingerprint density at radius 2 is 1.81 bits per heavy atom. The van der Waals surface area contributed by atoms with Gasteiger partial charge in [0.1, 0.15) is 23.2 Å². The van der Waals surface area contributed by atoms with Gasteiger partial charge in [0.15, 0.2) is 0 Å². The van der Waals surface area contributed by atoms with Crippen LogP contribution in [-0.4, -0.2) is 26.6 Å². The summed E-state index contributed by atoms with van der Waals surface area (Å²) >= 11 is 12.3. The minimum absolute atomic E-state index is 0.472. The molecule has 0 N–H and O–H groups in total. The van der Waals surface area contributed by atoms with Gasteiger partial charge in [0.2, 0.25) is 0 Å². The number of methoxy groups -OCH3 is 1. The molecule has 4 aromatic rings. The zero-order valence-corrected chi connectivity index (χ0v) is 15.6. The number of hydrogen-bond donors (Lipinski definition) is 0. The summed E-state index contributed by atoms with van der Waals surface area (Å²) in [6, 6.07) is 13.0. The number of hydrogen-bond acceptors (Lipinski definition) is 4. The Balaban J connectivity index is 2.04. The van der Waals surface area contributed by atoms with Gasteiger partial charge in [-0.3, -0.25) is 4.57 Å². The van der Waals surface area contributed by atoms with E-state index in [-0.39, 0.29) is 0 Å². The smallest absolute Gasteiger partial charge is 0.146 e. The number of halogens is 2. The van der Waals surface area contributed by atoms with Crippen LogP contribution in [0.3, 0.4) is 0 Å². The molecule has 0 spiro atoms. The summed E-state index contributed by atoms with van der Waals surface area (Å²) in [6.07, 6.45) is 1.73. The lowest BCUT2D eigenvalue weighted by Crippen LogP contribution is -2.02. The highest BCUT2D eigenvalue weighted by Crippen LogP contribution is 2.33. The number of imidazole rings is 1. The highest BCUT2D eigenvalue weighted by atomic mass is 35.5. The SMILES string of the molecule is COc1ccc2c(c1)nc(-c1ccc(Cl)c(Cl)c1)n2-c1ccnc(C)n1. The van der Waals surface area contributed by atoms with E-state index in [0.29, 0.717) is 21.7 Å². The van der Waals surface area contributed by atoms with E-state index in [2.05, 4.69) is 9.97 Å². The van der Waals surface area contributed by atoms with Gasteiger partial charge in [-0.1, -0.05) is 23.2 Å². The second-order valence-electron chi connectivity index (χ2n) is 5.72. The van der Waals surface area contributed by atoms with Gasteiger partial charge in [-0.05, 0) is 43.3 Å². The lowest BCUT2D eigenvalue weighted by Gasteiger charge is -2.09. The molecule has 0 radical (unpaired) electrons. The number of benzene rings is 2. The van der Waals surface area contributed by atoms with E-state index in [4.69, 9.17) is 32.9 Å². The number of ether oxygens (including phenoxy) is 1. The standard InChI is InChI=1S/C19H14Cl2N4O/c1-11-22-8-7-18(23-11)25-17-6-4-13(26-2)10-16(17)24-19(25)12-3-5-14(20)15(21)9-12/h3-10H,1-2H3. The molecule has 0 fully saturated rings. The molecule has 0 bridgehead atoms. The van der Waals surface area contributed by atoms with Crippen LogP contribution in [0.2, 0.25) is 10.0 Å². The van der Waals surface area contributed by atoms with Gasteiger partial charge in [0.25, 0.3) is 0 Å². The highest BCUT2D eigenvalue weighted by molar-refractivity contribution is 6.42. The predicted octanol–water partition coefficient (Wildman–Crippen LogP) is 5.11. The lowest BCUT2D eigenvalue weighted by atomic mass is 10.2. The third-order valence-electron chi connectivity index (χ3n) is 4.03. The summed E-state index contributed by atoms with van der Waals surface area (Å²) < 4.78 is 7.30. The molecule has 0 saturated carbocycles. The van der Waals surface area contributed by atoms with E-state index in [0.717, 1.165) is 28.2 Å². The summed E-state index contributed by atoms with van der Waals surface area (Å²) in [4.78, 5) is 13.5. The monoisotopic (exact) mass is 384 g/mol. The van der Waals surface area contributed by atoms with Crippen LogP contribution in [0.4, 0.5) is 0 Å². The molecule has 0 amide bonds. The first-order valence-electron chi connectivity index (χ1n) is 7.89. The zero-order valence-electron chi connectivity index (χ0n) is 14.1. The first kappa shape index (κ1) is 16.8. The minimum Gasteiger partial charge on any atom is -0.497 e. The molecule has 0 aliphatic carbocycles. The Bertz CT molecular complexity index is 1120. The van der Waals surface area contributed by atoms with Crippen LogP contribution in [0.15, 0.2) is 48.7 Å². The molecule has 5 nitrogen and oxygen atoms in total. The Hall–Kier alpha value is -2.63. The van der Waals surface area contributed by atoms with Gasteiger partial charge < -0.3 is 4.74 Å². The number of nitrogens with zero attached hydrogens (tertiary/aromatic N) is 4. The average Bonchev–Trinajstić information content (AvgIpc) is 3.02. The van der Waals surface area contributed by atoms with Crippen molar-refractivity contribution in [3.63, 3.8) is 0 Å². The summed E-state index contributed by atoms with van der Waals surface area (Å²) in [7, 11) is 1.63. The van der Waals surface area contributed by atoms with Gasteiger partial charge in [0.05, 0.1) is 28.2 Å². The van der Waals surface area contributed by atoms with Crippen LogP contribution < -0.4 is 4.74 Å². The van der Waals surface area contributed by atoms with Gasteiger partial charge >= 0.3 is 0 Å². The number of aryl methyl sites for hydroxylation is 1. The maximum Gasteiger partial charge on any atom is 0.146 e.